The molecule has 0 spiro atoms. The molecule has 0 bridgehead atoms. The summed E-state index contributed by atoms with van der Waals surface area (Å²) in [5, 5.41) is 15.9. The Morgan fingerprint density at radius 2 is 1.92 bits per heavy atom. The number of rotatable bonds is 6. The van der Waals surface area contributed by atoms with Crippen LogP contribution in [0.15, 0.2) is 0 Å². The highest BCUT2D eigenvalue weighted by molar-refractivity contribution is 5.95. The third-order valence-corrected chi connectivity index (χ3v) is 4.44. The molecule has 0 atom stereocenters. The number of nitrogens with zero attached hydrogens (tertiary/aromatic N) is 3. The van der Waals surface area contributed by atoms with Gasteiger partial charge in [0.05, 0.1) is 36.6 Å². The number of aryl methyl sites for hydroxylation is 2. The third kappa shape index (κ3) is 5.30. The molecule has 0 unspecified atom stereocenters. The minimum Gasteiger partial charge on any atom is -0.481 e. The molecule has 1 aliphatic rings. The summed E-state index contributed by atoms with van der Waals surface area (Å²) in [7, 11) is 0. The van der Waals surface area contributed by atoms with Gasteiger partial charge in [0, 0.05) is 13.0 Å². The zero-order valence-corrected chi connectivity index (χ0v) is 14.9. The number of aliphatic carboxylic acids is 1. The number of carboxylic acids is 1. The molecule has 0 radical (unpaired) electrons. The van der Waals surface area contributed by atoms with Crippen LogP contribution in [0.5, 0.6) is 0 Å². The normalized spacial score (nSPS) is 15.6. The van der Waals surface area contributed by atoms with Gasteiger partial charge in [0.2, 0.25) is 11.8 Å². The van der Waals surface area contributed by atoms with E-state index < -0.39 is 5.97 Å². The van der Waals surface area contributed by atoms with Gasteiger partial charge in [-0.3, -0.25) is 19.1 Å². The van der Waals surface area contributed by atoms with Gasteiger partial charge in [-0.25, -0.2) is 0 Å². The number of carbonyl (C=O) groups excluding carboxylic acids is 2. The van der Waals surface area contributed by atoms with Crippen LogP contribution in [0.4, 0.5) is 5.69 Å². The number of carbonyl (C=O) groups is 3. The Hall–Kier alpha value is -2.38. The topological polar surface area (TPSA) is 105 Å². The molecular weight excluding hydrogens is 324 g/mol. The van der Waals surface area contributed by atoms with Crippen LogP contribution in [0, 0.1) is 13.8 Å². The number of anilines is 1. The predicted octanol–water partition coefficient (Wildman–Crippen LogP) is 1.71. The number of aromatic nitrogens is 2. The van der Waals surface area contributed by atoms with Crippen LogP contribution in [0.1, 0.15) is 49.9 Å². The van der Waals surface area contributed by atoms with Crippen molar-refractivity contribution in [2.75, 3.05) is 18.4 Å². The number of hydrogen-bond donors (Lipinski definition) is 2. The first-order valence-electron chi connectivity index (χ1n) is 8.72. The summed E-state index contributed by atoms with van der Waals surface area (Å²) in [6, 6.07) is 0. The van der Waals surface area contributed by atoms with Gasteiger partial charge in [0.25, 0.3) is 0 Å². The van der Waals surface area contributed by atoms with Gasteiger partial charge in [0.1, 0.15) is 0 Å². The third-order valence-electron chi connectivity index (χ3n) is 4.44. The lowest BCUT2D eigenvalue weighted by atomic mass is 10.1. The molecule has 25 heavy (non-hydrogen) atoms. The van der Waals surface area contributed by atoms with E-state index in [0.717, 1.165) is 25.7 Å². The van der Waals surface area contributed by atoms with Gasteiger partial charge in [-0.05, 0) is 26.7 Å². The summed E-state index contributed by atoms with van der Waals surface area (Å²) in [5.41, 5.74) is 1.94. The van der Waals surface area contributed by atoms with E-state index in [1.54, 1.807) is 23.4 Å². The minimum absolute atomic E-state index is 0.0282. The second-order valence-corrected chi connectivity index (χ2v) is 6.44. The lowest BCUT2D eigenvalue weighted by Crippen LogP contribution is -2.39. The SMILES string of the molecule is Cc1nn(CCC(=O)O)c(C)c1NC(=O)CN1CCCCCCC1=O. The molecule has 8 heteroatoms. The minimum atomic E-state index is -0.895. The van der Waals surface area contributed by atoms with Gasteiger partial charge in [-0.2, -0.15) is 5.10 Å². The van der Waals surface area contributed by atoms with E-state index in [1.165, 1.54) is 0 Å². The Labute approximate surface area is 147 Å². The quantitative estimate of drug-likeness (QED) is 0.812. The van der Waals surface area contributed by atoms with Crippen molar-refractivity contribution in [2.45, 2.75) is 58.9 Å². The average Bonchev–Trinajstić information content (AvgIpc) is 2.80. The zero-order valence-electron chi connectivity index (χ0n) is 14.9. The molecule has 8 nitrogen and oxygen atoms in total. The fraction of sp³-hybridized carbons (Fsp3) is 0.647. The van der Waals surface area contributed by atoms with Crippen LogP contribution in [0.25, 0.3) is 0 Å². The van der Waals surface area contributed by atoms with Crippen LogP contribution < -0.4 is 5.32 Å². The molecular formula is C17H26N4O4. The molecule has 1 saturated heterocycles. The molecule has 0 aliphatic carbocycles. The maximum absolute atomic E-state index is 12.4. The average molecular weight is 350 g/mol. The van der Waals surface area contributed by atoms with E-state index in [9.17, 15) is 14.4 Å². The summed E-state index contributed by atoms with van der Waals surface area (Å²) in [6.07, 6.45) is 4.42. The fourth-order valence-electron chi connectivity index (χ4n) is 3.03. The van der Waals surface area contributed by atoms with E-state index in [0.29, 0.717) is 30.0 Å². The molecule has 138 valence electrons. The van der Waals surface area contributed by atoms with Crippen LogP contribution in [-0.4, -0.2) is 50.7 Å². The number of amides is 2. The van der Waals surface area contributed by atoms with E-state index in [1.807, 2.05) is 0 Å². The molecule has 1 fully saturated rings. The predicted molar refractivity (Wildman–Crippen MR) is 92.2 cm³/mol. The summed E-state index contributed by atoms with van der Waals surface area (Å²) in [6.45, 7) is 4.46. The number of hydrogen-bond acceptors (Lipinski definition) is 4. The first kappa shape index (κ1) is 19.0. The zero-order chi connectivity index (χ0) is 18.4. The van der Waals surface area contributed by atoms with Crippen molar-refractivity contribution >= 4 is 23.5 Å². The maximum atomic E-state index is 12.4. The largest absolute Gasteiger partial charge is 0.481 e. The van der Waals surface area contributed by atoms with E-state index >= 15 is 0 Å². The molecule has 1 aliphatic heterocycles. The Morgan fingerprint density at radius 1 is 1.20 bits per heavy atom. The Kier molecular flexibility index (Phi) is 6.55. The van der Waals surface area contributed by atoms with Crippen LogP contribution in [0.2, 0.25) is 0 Å². The molecule has 2 amide bonds. The Balaban J connectivity index is 1.99. The summed E-state index contributed by atoms with van der Waals surface area (Å²) < 4.78 is 1.58. The van der Waals surface area contributed by atoms with Crippen molar-refractivity contribution in [2.24, 2.45) is 0 Å². The van der Waals surface area contributed by atoms with Crippen LogP contribution in [-0.2, 0) is 20.9 Å². The van der Waals surface area contributed by atoms with Crippen molar-refractivity contribution in [3.63, 3.8) is 0 Å². The highest BCUT2D eigenvalue weighted by Crippen LogP contribution is 2.20. The first-order valence-corrected chi connectivity index (χ1v) is 8.72. The van der Waals surface area contributed by atoms with Crippen LogP contribution in [0.3, 0.4) is 0 Å². The standard InChI is InChI=1S/C17H26N4O4/c1-12-17(13(2)21(19-12)10-8-16(24)25)18-14(22)11-20-9-6-4-3-5-7-15(20)23/h3-11H2,1-2H3,(H,18,22)(H,24,25). The van der Waals surface area contributed by atoms with E-state index in [2.05, 4.69) is 10.4 Å². The highest BCUT2D eigenvalue weighted by atomic mass is 16.4. The van der Waals surface area contributed by atoms with Crippen LogP contribution >= 0.6 is 0 Å². The van der Waals surface area contributed by atoms with Crippen molar-refractivity contribution in [3.8, 4) is 0 Å². The van der Waals surface area contributed by atoms with E-state index in [4.69, 9.17) is 5.11 Å². The molecule has 2 heterocycles. The van der Waals surface area contributed by atoms with Gasteiger partial charge in [-0.1, -0.05) is 12.8 Å². The van der Waals surface area contributed by atoms with Crippen molar-refractivity contribution in [1.29, 1.82) is 0 Å². The molecule has 0 saturated carbocycles. The maximum Gasteiger partial charge on any atom is 0.305 e. The van der Waals surface area contributed by atoms with Gasteiger partial charge in [-0.15, -0.1) is 0 Å². The highest BCUT2D eigenvalue weighted by Gasteiger charge is 2.20. The van der Waals surface area contributed by atoms with Crippen molar-refractivity contribution < 1.29 is 19.5 Å². The second-order valence-electron chi connectivity index (χ2n) is 6.44. The van der Waals surface area contributed by atoms with Crippen molar-refractivity contribution in [3.05, 3.63) is 11.4 Å². The molecule has 0 aromatic carbocycles. The Bertz CT molecular complexity index is 653. The monoisotopic (exact) mass is 350 g/mol. The molecule has 1 aromatic heterocycles. The lowest BCUT2D eigenvalue weighted by Gasteiger charge is -2.24. The van der Waals surface area contributed by atoms with Gasteiger partial charge >= 0.3 is 5.97 Å². The smallest absolute Gasteiger partial charge is 0.305 e. The first-order chi connectivity index (χ1) is 11.9. The Morgan fingerprint density at radius 3 is 2.64 bits per heavy atom. The van der Waals surface area contributed by atoms with Gasteiger partial charge in [0.15, 0.2) is 0 Å². The van der Waals surface area contributed by atoms with Gasteiger partial charge < -0.3 is 15.3 Å². The van der Waals surface area contributed by atoms with E-state index in [-0.39, 0.29) is 31.3 Å². The molecule has 1 aromatic rings. The second kappa shape index (κ2) is 8.64. The number of carboxylic acid groups (broad SMARTS) is 1. The lowest BCUT2D eigenvalue weighted by molar-refractivity contribution is -0.137. The number of likely N-dealkylation sites (tertiary alicyclic amines) is 1. The van der Waals surface area contributed by atoms with Crippen molar-refractivity contribution in [1.82, 2.24) is 14.7 Å². The number of nitrogens with one attached hydrogen (secondary N) is 1. The summed E-state index contributed by atoms with van der Waals surface area (Å²) >= 11 is 0. The molecule has 2 N–H and O–H groups in total. The summed E-state index contributed by atoms with van der Waals surface area (Å²) in [5.74, 6) is -1.12. The molecule has 2 rings (SSSR count). The fourth-order valence-corrected chi connectivity index (χ4v) is 3.03. The summed E-state index contributed by atoms with van der Waals surface area (Å²) in [4.78, 5) is 36.8.